The van der Waals surface area contributed by atoms with Gasteiger partial charge in [0.15, 0.2) is 0 Å². The molecule has 1 aliphatic carbocycles. The van der Waals surface area contributed by atoms with Gasteiger partial charge in [-0.05, 0) is 61.6 Å². The summed E-state index contributed by atoms with van der Waals surface area (Å²) in [6.07, 6.45) is 5.07. The van der Waals surface area contributed by atoms with Crippen LogP contribution < -0.4 is 0 Å². The second-order valence-electron chi connectivity index (χ2n) is 7.37. The van der Waals surface area contributed by atoms with Crippen molar-refractivity contribution in [2.24, 2.45) is 11.3 Å². The van der Waals surface area contributed by atoms with Crippen LogP contribution in [0, 0.1) is 25.2 Å². The van der Waals surface area contributed by atoms with E-state index in [1.807, 2.05) is 0 Å². The van der Waals surface area contributed by atoms with Crippen LogP contribution in [-0.2, 0) is 12.8 Å². The molecule has 2 aromatic rings. The fourth-order valence-corrected chi connectivity index (χ4v) is 3.83. The van der Waals surface area contributed by atoms with Crippen molar-refractivity contribution in [3.8, 4) is 0 Å². The zero-order chi connectivity index (χ0) is 14.5. The van der Waals surface area contributed by atoms with Crippen molar-refractivity contribution in [2.75, 3.05) is 0 Å². The van der Waals surface area contributed by atoms with Crippen molar-refractivity contribution in [2.45, 2.75) is 60.3 Å². The normalized spacial score (nSPS) is 19.4. The van der Waals surface area contributed by atoms with Gasteiger partial charge in [0.05, 0.1) is 0 Å². The summed E-state index contributed by atoms with van der Waals surface area (Å²) in [6.45, 7) is 11.6. The highest BCUT2D eigenvalue weighted by Gasteiger charge is 2.32. The van der Waals surface area contributed by atoms with Gasteiger partial charge in [-0.15, -0.1) is 0 Å². The monoisotopic (exact) mass is 269 g/mol. The third kappa shape index (κ3) is 2.08. The van der Waals surface area contributed by atoms with Crippen molar-refractivity contribution in [3.63, 3.8) is 0 Å². The molecule has 0 spiro atoms. The number of benzene rings is 1. The van der Waals surface area contributed by atoms with Gasteiger partial charge in [0, 0.05) is 16.6 Å². The summed E-state index contributed by atoms with van der Waals surface area (Å²) in [5.41, 5.74) is 7.70. The molecule has 1 heterocycles. The SMILES string of the molecule is CCC(C)(C)C1CCc2[nH]c3c(C)cc(C)cc3c2C1. The topological polar surface area (TPSA) is 15.8 Å². The first-order chi connectivity index (χ1) is 9.42. The van der Waals surface area contributed by atoms with E-state index in [-0.39, 0.29) is 0 Å². The van der Waals surface area contributed by atoms with E-state index in [0.717, 1.165) is 5.92 Å². The minimum Gasteiger partial charge on any atom is -0.358 e. The van der Waals surface area contributed by atoms with Crippen LogP contribution in [0.3, 0.4) is 0 Å². The summed E-state index contributed by atoms with van der Waals surface area (Å²) in [4.78, 5) is 3.70. The molecule has 1 heteroatoms. The minimum atomic E-state index is 0.458. The molecule has 1 atom stereocenters. The summed E-state index contributed by atoms with van der Waals surface area (Å²) < 4.78 is 0. The van der Waals surface area contributed by atoms with Gasteiger partial charge in [-0.3, -0.25) is 0 Å². The molecule has 0 saturated heterocycles. The molecule has 0 aliphatic heterocycles. The molecule has 108 valence electrons. The third-order valence-corrected chi connectivity index (χ3v) is 5.65. The lowest BCUT2D eigenvalue weighted by atomic mass is 9.69. The predicted octanol–water partition coefficient (Wildman–Crippen LogP) is 5.33. The number of hydrogen-bond acceptors (Lipinski definition) is 0. The van der Waals surface area contributed by atoms with Crippen LogP contribution in [0.1, 0.15) is 56.0 Å². The summed E-state index contributed by atoms with van der Waals surface area (Å²) in [7, 11) is 0. The Labute approximate surface area is 122 Å². The summed E-state index contributed by atoms with van der Waals surface area (Å²) >= 11 is 0. The van der Waals surface area contributed by atoms with Gasteiger partial charge < -0.3 is 4.98 Å². The molecular formula is C19H27N. The highest BCUT2D eigenvalue weighted by atomic mass is 14.7. The first-order valence-corrected chi connectivity index (χ1v) is 8.03. The van der Waals surface area contributed by atoms with E-state index < -0.39 is 0 Å². The van der Waals surface area contributed by atoms with Crippen LogP contribution in [-0.4, -0.2) is 4.98 Å². The molecule has 1 unspecified atom stereocenters. The van der Waals surface area contributed by atoms with E-state index in [9.17, 15) is 0 Å². The van der Waals surface area contributed by atoms with Crippen LogP contribution in [0.4, 0.5) is 0 Å². The van der Waals surface area contributed by atoms with E-state index in [2.05, 4.69) is 51.7 Å². The molecule has 0 fully saturated rings. The number of H-pyrrole nitrogens is 1. The van der Waals surface area contributed by atoms with Crippen molar-refractivity contribution < 1.29 is 0 Å². The zero-order valence-electron chi connectivity index (χ0n) is 13.6. The summed E-state index contributed by atoms with van der Waals surface area (Å²) in [6, 6.07) is 4.66. The number of rotatable bonds is 2. The number of fused-ring (bicyclic) bond motifs is 3. The Morgan fingerprint density at radius 1 is 1.25 bits per heavy atom. The van der Waals surface area contributed by atoms with E-state index in [1.54, 1.807) is 5.56 Å². The zero-order valence-corrected chi connectivity index (χ0v) is 13.6. The van der Waals surface area contributed by atoms with Gasteiger partial charge in [-0.25, -0.2) is 0 Å². The Hall–Kier alpha value is -1.24. The number of aromatic nitrogens is 1. The van der Waals surface area contributed by atoms with E-state index >= 15 is 0 Å². The first kappa shape index (κ1) is 13.7. The Bertz CT molecular complexity index is 645. The quantitative estimate of drug-likeness (QED) is 0.759. The predicted molar refractivity (Wildman–Crippen MR) is 87.4 cm³/mol. The van der Waals surface area contributed by atoms with Crippen LogP contribution in [0.2, 0.25) is 0 Å². The second kappa shape index (κ2) is 4.65. The highest BCUT2D eigenvalue weighted by molar-refractivity contribution is 5.88. The minimum absolute atomic E-state index is 0.458. The van der Waals surface area contributed by atoms with Crippen molar-refractivity contribution in [3.05, 3.63) is 34.5 Å². The largest absolute Gasteiger partial charge is 0.358 e. The molecule has 1 N–H and O–H groups in total. The van der Waals surface area contributed by atoms with E-state index in [1.165, 1.54) is 53.4 Å². The van der Waals surface area contributed by atoms with Crippen molar-refractivity contribution >= 4 is 10.9 Å². The van der Waals surface area contributed by atoms with Crippen molar-refractivity contribution in [1.29, 1.82) is 0 Å². The standard InChI is InChI=1S/C19H27N/c1-6-19(4,5)14-7-8-17-15(11-14)16-10-12(2)9-13(3)18(16)20-17/h9-10,14,20H,6-8,11H2,1-5H3. The van der Waals surface area contributed by atoms with Gasteiger partial charge in [0.2, 0.25) is 0 Å². The third-order valence-electron chi connectivity index (χ3n) is 5.65. The van der Waals surface area contributed by atoms with Gasteiger partial charge >= 0.3 is 0 Å². The van der Waals surface area contributed by atoms with Crippen LogP contribution in [0.25, 0.3) is 10.9 Å². The average molecular weight is 269 g/mol. The Kier molecular flexibility index (Phi) is 3.19. The highest BCUT2D eigenvalue weighted by Crippen LogP contribution is 2.42. The fourth-order valence-electron chi connectivity index (χ4n) is 3.83. The number of aryl methyl sites for hydroxylation is 3. The maximum absolute atomic E-state index is 3.70. The molecule has 1 aliphatic rings. The Morgan fingerprint density at radius 3 is 2.70 bits per heavy atom. The maximum Gasteiger partial charge on any atom is 0.0488 e. The summed E-state index contributed by atoms with van der Waals surface area (Å²) in [5, 5.41) is 1.48. The van der Waals surface area contributed by atoms with Gasteiger partial charge in [-0.2, -0.15) is 0 Å². The smallest absolute Gasteiger partial charge is 0.0488 e. The van der Waals surface area contributed by atoms with Gasteiger partial charge in [-0.1, -0.05) is 38.8 Å². The van der Waals surface area contributed by atoms with Crippen molar-refractivity contribution in [1.82, 2.24) is 4.98 Å². The molecule has 1 aromatic carbocycles. The lowest BCUT2D eigenvalue weighted by Crippen LogP contribution is -2.28. The van der Waals surface area contributed by atoms with Crippen LogP contribution in [0.5, 0.6) is 0 Å². The molecular weight excluding hydrogens is 242 g/mol. The van der Waals surface area contributed by atoms with Gasteiger partial charge in [0.25, 0.3) is 0 Å². The number of aromatic amines is 1. The van der Waals surface area contributed by atoms with E-state index in [4.69, 9.17) is 0 Å². The second-order valence-corrected chi connectivity index (χ2v) is 7.37. The molecule has 1 nitrogen and oxygen atoms in total. The number of nitrogens with one attached hydrogen (secondary N) is 1. The summed E-state index contributed by atoms with van der Waals surface area (Å²) in [5.74, 6) is 0.819. The fraction of sp³-hybridized carbons (Fsp3) is 0.579. The Morgan fingerprint density at radius 2 is 2.00 bits per heavy atom. The van der Waals surface area contributed by atoms with Gasteiger partial charge in [0.1, 0.15) is 0 Å². The van der Waals surface area contributed by atoms with Crippen LogP contribution >= 0.6 is 0 Å². The first-order valence-electron chi connectivity index (χ1n) is 8.03. The molecule has 0 saturated carbocycles. The average Bonchev–Trinajstić information content (AvgIpc) is 2.77. The molecule has 0 radical (unpaired) electrons. The van der Waals surface area contributed by atoms with E-state index in [0.29, 0.717) is 5.41 Å². The lowest BCUT2D eigenvalue weighted by molar-refractivity contribution is 0.183. The molecule has 0 amide bonds. The van der Waals surface area contributed by atoms with Crippen LogP contribution in [0.15, 0.2) is 12.1 Å². The molecule has 1 aromatic heterocycles. The molecule has 3 rings (SSSR count). The maximum atomic E-state index is 3.70. The molecule has 0 bridgehead atoms. The Balaban J connectivity index is 2.09. The lowest BCUT2D eigenvalue weighted by Gasteiger charge is -2.36. The number of hydrogen-bond donors (Lipinski definition) is 1. The molecule has 20 heavy (non-hydrogen) atoms.